The van der Waals surface area contributed by atoms with E-state index in [1.807, 2.05) is 17.4 Å². The Kier molecular flexibility index (Phi) is 4.68. The molecule has 21 heavy (non-hydrogen) atoms. The van der Waals surface area contributed by atoms with Gasteiger partial charge in [0.15, 0.2) is 0 Å². The number of thiazole rings is 1. The summed E-state index contributed by atoms with van der Waals surface area (Å²) in [5.74, 6) is 0. The zero-order valence-corrected chi connectivity index (χ0v) is 13.2. The number of nitrogens with zero attached hydrogens (tertiary/aromatic N) is 1. The van der Waals surface area contributed by atoms with E-state index in [0.717, 1.165) is 24.3 Å². The standard InChI is InChI=1S/C17H22N2OS/c1-12-18-15-8-5-9-16(17(15)21-12)19-14(10-11-20)13-6-3-2-4-7-13/h2-4,6-7,14,16,19-20H,5,8-11H2,1H3/t14-,16?/m1/s1. The molecule has 1 aromatic carbocycles. The third-order valence-corrected chi connectivity index (χ3v) is 5.21. The Hall–Kier alpha value is -1.23. The van der Waals surface area contributed by atoms with Crippen LogP contribution in [0.2, 0.25) is 0 Å². The summed E-state index contributed by atoms with van der Waals surface area (Å²) in [6, 6.07) is 11.0. The van der Waals surface area contributed by atoms with E-state index in [1.54, 1.807) is 0 Å². The highest BCUT2D eigenvalue weighted by atomic mass is 32.1. The molecule has 0 aliphatic heterocycles. The van der Waals surface area contributed by atoms with Crippen LogP contribution in [0, 0.1) is 6.92 Å². The van der Waals surface area contributed by atoms with Gasteiger partial charge in [0.25, 0.3) is 0 Å². The fourth-order valence-corrected chi connectivity index (χ4v) is 4.17. The average molecular weight is 302 g/mol. The van der Waals surface area contributed by atoms with Crippen molar-refractivity contribution < 1.29 is 5.11 Å². The quantitative estimate of drug-likeness (QED) is 0.888. The largest absolute Gasteiger partial charge is 0.396 e. The molecule has 0 radical (unpaired) electrons. The second kappa shape index (κ2) is 6.69. The summed E-state index contributed by atoms with van der Waals surface area (Å²) < 4.78 is 0. The van der Waals surface area contributed by atoms with Crippen molar-refractivity contribution in [1.82, 2.24) is 10.3 Å². The third kappa shape index (κ3) is 3.34. The molecule has 3 nitrogen and oxygen atoms in total. The monoisotopic (exact) mass is 302 g/mol. The van der Waals surface area contributed by atoms with E-state index >= 15 is 0 Å². The number of benzene rings is 1. The molecule has 2 N–H and O–H groups in total. The van der Waals surface area contributed by atoms with Gasteiger partial charge in [0.05, 0.1) is 10.7 Å². The minimum absolute atomic E-state index is 0.202. The second-order valence-electron chi connectivity index (χ2n) is 5.63. The van der Waals surface area contributed by atoms with Crippen molar-refractivity contribution in [3.8, 4) is 0 Å². The van der Waals surface area contributed by atoms with E-state index in [-0.39, 0.29) is 12.6 Å². The van der Waals surface area contributed by atoms with Crippen LogP contribution >= 0.6 is 11.3 Å². The van der Waals surface area contributed by atoms with Crippen molar-refractivity contribution in [2.24, 2.45) is 0 Å². The van der Waals surface area contributed by atoms with Crippen LogP contribution in [0.5, 0.6) is 0 Å². The van der Waals surface area contributed by atoms with Gasteiger partial charge in [-0.2, -0.15) is 0 Å². The molecular formula is C17H22N2OS. The van der Waals surface area contributed by atoms with Crippen LogP contribution in [-0.4, -0.2) is 16.7 Å². The summed E-state index contributed by atoms with van der Waals surface area (Å²) in [5, 5.41) is 14.3. The Morgan fingerprint density at radius 2 is 2.19 bits per heavy atom. The molecule has 0 spiro atoms. The number of rotatable bonds is 5. The molecule has 4 heteroatoms. The van der Waals surface area contributed by atoms with Gasteiger partial charge >= 0.3 is 0 Å². The molecule has 0 fully saturated rings. The van der Waals surface area contributed by atoms with Crippen LogP contribution < -0.4 is 5.32 Å². The zero-order valence-electron chi connectivity index (χ0n) is 12.4. The molecule has 1 aliphatic rings. The van der Waals surface area contributed by atoms with Gasteiger partial charge in [0, 0.05) is 23.6 Å². The SMILES string of the molecule is Cc1nc2c(s1)C(N[C@H](CCO)c1ccccc1)CCC2. The zero-order chi connectivity index (χ0) is 14.7. The Bertz CT molecular complexity index is 582. The summed E-state index contributed by atoms with van der Waals surface area (Å²) in [6.45, 7) is 2.29. The smallest absolute Gasteiger partial charge is 0.0900 e. The van der Waals surface area contributed by atoms with Gasteiger partial charge in [-0.3, -0.25) is 0 Å². The first-order valence-electron chi connectivity index (χ1n) is 7.66. The van der Waals surface area contributed by atoms with E-state index < -0.39 is 0 Å². The maximum absolute atomic E-state index is 9.38. The van der Waals surface area contributed by atoms with Crippen LogP contribution in [0.4, 0.5) is 0 Å². The van der Waals surface area contributed by atoms with Crippen molar-refractivity contribution in [2.75, 3.05) is 6.61 Å². The first kappa shape index (κ1) is 14.7. The Labute approximate surface area is 130 Å². The number of fused-ring (bicyclic) bond motifs is 1. The molecule has 0 bridgehead atoms. The summed E-state index contributed by atoms with van der Waals surface area (Å²) in [4.78, 5) is 6.06. The van der Waals surface area contributed by atoms with Crippen molar-refractivity contribution >= 4 is 11.3 Å². The highest BCUT2D eigenvalue weighted by Gasteiger charge is 2.26. The molecule has 0 saturated heterocycles. The highest BCUT2D eigenvalue weighted by molar-refractivity contribution is 7.11. The Morgan fingerprint density at radius 1 is 1.38 bits per heavy atom. The molecule has 1 aromatic heterocycles. The molecule has 0 saturated carbocycles. The number of hydrogen-bond acceptors (Lipinski definition) is 4. The van der Waals surface area contributed by atoms with Crippen molar-refractivity contribution in [1.29, 1.82) is 0 Å². The molecule has 1 heterocycles. The molecule has 1 unspecified atom stereocenters. The maximum Gasteiger partial charge on any atom is 0.0900 e. The lowest BCUT2D eigenvalue weighted by Crippen LogP contribution is -2.29. The van der Waals surface area contributed by atoms with Gasteiger partial charge in [-0.15, -0.1) is 11.3 Å². The lowest BCUT2D eigenvalue weighted by atomic mass is 9.95. The van der Waals surface area contributed by atoms with Gasteiger partial charge in [-0.25, -0.2) is 4.98 Å². The molecule has 0 amide bonds. The molecule has 2 atom stereocenters. The van der Waals surface area contributed by atoms with Crippen LogP contribution in [0.3, 0.4) is 0 Å². The fourth-order valence-electron chi connectivity index (χ4n) is 3.10. The number of aliphatic hydroxyl groups excluding tert-OH is 1. The summed E-state index contributed by atoms with van der Waals surface area (Å²) in [7, 11) is 0. The van der Waals surface area contributed by atoms with E-state index in [0.29, 0.717) is 6.04 Å². The predicted octanol–water partition coefficient (Wildman–Crippen LogP) is 3.54. The van der Waals surface area contributed by atoms with Gasteiger partial charge in [-0.1, -0.05) is 30.3 Å². The maximum atomic E-state index is 9.38. The molecule has 3 rings (SSSR count). The number of nitrogens with one attached hydrogen (secondary N) is 1. The topological polar surface area (TPSA) is 45.2 Å². The molecule has 112 valence electrons. The second-order valence-corrected chi connectivity index (χ2v) is 6.87. The summed E-state index contributed by atoms with van der Waals surface area (Å²) in [5.41, 5.74) is 2.52. The number of aromatic nitrogens is 1. The van der Waals surface area contributed by atoms with E-state index in [2.05, 4.69) is 41.5 Å². The first-order chi connectivity index (χ1) is 10.3. The van der Waals surface area contributed by atoms with Gasteiger partial charge in [0.2, 0.25) is 0 Å². The summed E-state index contributed by atoms with van der Waals surface area (Å²) in [6.07, 6.45) is 4.19. The Balaban J connectivity index is 1.80. The number of aliphatic hydroxyl groups is 1. The van der Waals surface area contributed by atoms with E-state index in [4.69, 9.17) is 0 Å². The van der Waals surface area contributed by atoms with E-state index in [1.165, 1.54) is 22.6 Å². The fraction of sp³-hybridized carbons (Fsp3) is 0.471. The van der Waals surface area contributed by atoms with Gasteiger partial charge < -0.3 is 10.4 Å². The number of aryl methyl sites for hydroxylation is 2. The molecule has 2 aromatic rings. The normalized spacial score (nSPS) is 19.2. The van der Waals surface area contributed by atoms with Crippen LogP contribution in [-0.2, 0) is 6.42 Å². The van der Waals surface area contributed by atoms with Gasteiger partial charge in [-0.05, 0) is 38.2 Å². The minimum Gasteiger partial charge on any atom is -0.396 e. The van der Waals surface area contributed by atoms with Crippen LogP contribution in [0.25, 0.3) is 0 Å². The number of hydrogen-bond donors (Lipinski definition) is 2. The minimum atomic E-state index is 0.202. The van der Waals surface area contributed by atoms with Gasteiger partial charge in [0.1, 0.15) is 0 Å². The van der Waals surface area contributed by atoms with Crippen LogP contribution in [0.15, 0.2) is 30.3 Å². The molecular weight excluding hydrogens is 280 g/mol. The molecule has 1 aliphatic carbocycles. The summed E-state index contributed by atoms with van der Waals surface area (Å²) >= 11 is 1.82. The Morgan fingerprint density at radius 3 is 2.95 bits per heavy atom. The highest BCUT2D eigenvalue weighted by Crippen LogP contribution is 2.36. The van der Waals surface area contributed by atoms with Crippen LogP contribution in [0.1, 0.15) is 52.5 Å². The predicted molar refractivity (Wildman–Crippen MR) is 86.6 cm³/mol. The lowest BCUT2D eigenvalue weighted by Gasteiger charge is -2.28. The average Bonchev–Trinajstić information content (AvgIpc) is 2.89. The third-order valence-electron chi connectivity index (χ3n) is 4.08. The first-order valence-corrected chi connectivity index (χ1v) is 8.47. The lowest BCUT2D eigenvalue weighted by molar-refractivity contribution is 0.256. The van der Waals surface area contributed by atoms with E-state index in [9.17, 15) is 5.11 Å². The van der Waals surface area contributed by atoms with Crippen molar-refractivity contribution in [2.45, 2.75) is 44.7 Å². The van der Waals surface area contributed by atoms with Crippen molar-refractivity contribution in [3.63, 3.8) is 0 Å². The van der Waals surface area contributed by atoms with Crippen molar-refractivity contribution in [3.05, 3.63) is 51.5 Å².